The molecule has 1 amide bonds. The van der Waals surface area contributed by atoms with E-state index in [0.29, 0.717) is 18.4 Å². The van der Waals surface area contributed by atoms with Gasteiger partial charge in [-0.25, -0.2) is 0 Å². The van der Waals surface area contributed by atoms with Crippen molar-refractivity contribution in [1.82, 2.24) is 0 Å². The summed E-state index contributed by atoms with van der Waals surface area (Å²) in [6.07, 6.45) is -0.482. The molecule has 0 spiro atoms. The number of nitrogens with one attached hydrogen (secondary N) is 1. The van der Waals surface area contributed by atoms with Crippen LogP contribution in [0.2, 0.25) is 0 Å². The van der Waals surface area contributed by atoms with Crippen LogP contribution in [0.4, 0.5) is 18.9 Å². The zero-order valence-corrected chi connectivity index (χ0v) is 13.3. The molecule has 7 heteroatoms. The fraction of sp³-hybridized carbons (Fsp3) is 0.312. The van der Waals surface area contributed by atoms with E-state index in [0.717, 1.165) is 12.1 Å². The number of hydrogen-bond acceptors (Lipinski definition) is 2. The van der Waals surface area contributed by atoms with Crippen LogP contribution < -0.4 is 11.1 Å². The predicted molar refractivity (Wildman–Crippen MR) is 88.3 cm³/mol. The SMILES string of the molecule is C=CCC(CC=C)C(=O)Nc1cc(CN)cc(C(F)(F)F)c1.Cl. The highest BCUT2D eigenvalue weighted by molar-refractivity contribution is 5.93. The second-order valence-corrected chi connectivity index (χ2v) is 4.86. The first-order chi connectivity index (χ1) is 10.3. The lowest BCUT2D eigenvalue weighted by Crippen LogP contribution is -2.22. The summed E-state index contributed by atoms with van der Waals surface area (Å²) < 4.78 is 38.5. The van der Waals surface area contributed by atoms with Gasteiger partial charge in [0.25, 0.3) is 0 Å². The predicted octanol–water partition coefficient (Wildman–Crippen LogP) is 4.29. The Morgan fingerprint density at radius 3 is 2.22 bits per heavy atom. The summed E-state index contributed by atoms with van der Waals surface area (Å²) in [6, 6.07) is 3.31. The number of hydrogen-bond donors (Lipinski definition) is 2. The average Bonchev–Trinajstić information content (AvgIpc) is 2.45. The molecule has 0 unspecified atom stereocenters. The first-order valence-electron chi connectivity index (χ1n) is 6.75. The van der Waals surface area contributed by atoms with Crippen LogP contribution in [0.15, 0.2) is 43.5 Å². The van der Waals surface area contributed by atoms with Crippen LogP contribution in [-0.2, 0) is 17.5 Å². The molecule has 3 nitrogen and oxygen atoms in total. The number of amides is 1. The topological polar surface area (TPSA) is 55.1 Å². The molecule has 0 aromatic heterocycles. The van der Waals surface area contributed by atoms with E-state index in [9.17, 15) is 18.0 Å². The Kier molecular flexibility index (Phi) is 8.64. The minimum Gasteiger partial charge on any atom is -0.326 e. The lowest BCUT2D eigenvalue weighted by Gasteiger charge is -2.16. The smallest absolute Gasteiger partial charge is 0.326 e. The Labute approximate surface area is 139 Å². The van der Waals surface area contributed by atoms with Gasteiger partial charge in [0.1, 0.15) is 0 Å². The summed E-state index contributed by atoms with van der Waals surface area (Å²) >= 11 is 0. The summed E-state index contributed by atoms with van der Waals surface area (Å²) in [7, 11) is 0. The van der Waals surface area contributed by atoms with Gasteiger partial charge in [-0.15, -0.1) is 25.6 Å². The Morgan fingerprint density at radius 1 is 1.22 bits per heavy atom. The van der Waals surface area contributed by atoms with Gasteiger partial charge < -0.3 is 11.1 Å². The zero-order valence-electron chi connectivity index (χ0n) is 12.5. The van der Waals surface area contributed by atoms with Crippen molar-refractivity contribution >= 4 is 24.0 Å². The lowest BCUT2D eigenvalue weighted by atomic mass is 10.00. The molecule has 0 saturated heterocycles. The van der Waals surface area contributed by atoms with E-state index in [2.05, 4.69) is 18.5 Å². The van der Waals surface area contributed by atoms with E-state index in [-0.39, 0.29) is 30.5 Å². The van der Waals surface area contributed by atoms with Gasteiger partial charge >= 0.3 is 6.18 Å². The number of rotatable bonds is 7. The van der Waals surface area contributed by atoms with Crippen molar-refractivity contribution in [2.45, 2.75) is 25.6 Å². The number of anilines is 1. The van der Waals surface area contributed by atoms with Crippen LogP contribution in [0.5, 0.6) is 0 Å². The van der Waals surface area contributed by atoms with Crippen molar-refractivity contribution in [3.8, 4) is 0 Å². The molecule has 1 aromatic rings. The Morgan fingerprint density at radius 2 is 1.78 bits per heavy atom. The summed E-state index contributed by atoms with van der Waals surface area (Å²) in [5.41, 5.74) is 4.95. The summed E-state index contributed by atoms with van der Waals surface area (Å²) in [6.45, 7) is 7.09. The molecule has 3 N–H and O–H groups in total. The fourth-order valence-corrected chi connectivity index (χ4v) is 2.00. The van der Waals surface area contributed by atoms with Gasteiger partial charge in [0, 0.05) is 18.2 Å². The van der Waals surface area contributed by atoms with Gasteiger partial charge in [0.05, 0.1) is 5.56 Å². The number of carbonyl (C=O) groups is 1. The van der Waals surface area contributed by atoms with Gasteiger partial charge in [0.2, 0.25) is 5.91 Å². The van der Waals surface area contributed by atoms with Gasteiger partial charge in [-0.3, -0.25) is 4.79 Å². The minimum atomic E-state index is -4.49. The van der Waals surface area contributed by atoms with Crippen LogP contribution in [0, 0.1) is 5.92 Å². The molecule has 0 aliphatic carbocycles. The van der Waals surface area contributed by atoms with E-state index < -0.39 is 17.7 Å². The number of carbonyl (C=O) groups excluding carboxylic acids is 1. The summed E-state index contributed by atoms with van der Waals surface area (Å²) in [5.74, 6) is -0.784. The van der Waals surface area contributed by atoms with E-state index in [1.54, 1.807) is 12.2 Å². The first-order valence-corrected chi connectivity index (χ1v) is 6.75. The van der Waals surface area contributed by atoms with E-state index in [1.807, 2.05) is 0 Å². The first kappa shape index (κ1) is 21.2. The highest BCUT2D eigenvalue weighted by Crippen LogP contribution is 2.32. The summed E-state index contributed by atoms with van der Waals surface area (Å²) in [4.78, 5) is 12.1. The second-order valence-electron chi connectivity index (χ2n) is 4.86. The van der Waals surface area contributed by atoms with Crippen molar-refractivity contribution in [3.05, 3.63) is 54.6 Å². The van der Waals surface area contributed by atoms with Crippen molar-refractivity contribution in [1.29, 1.82) is 0 Å². The second kappa shape index (κ2) is 9.37. The molecule has 0 radical (unpaired) electrons. The van der Waals surface area contributed by atoms with Crippen LogP contribution >= 0.6 is 12.4 Å². The van der Waals surface area contributed by atoms with Crippen molar-refractivity contribution in [2.24, 2.45) is 11.7 Å². The number of nitrogens with two attached hydrogens (primary N) is 1. The molecule has 0 bridgehead atoms. The molecular weight excluding hydrogens is 329 g/mol. The molecule has 23 heavy (non-hydrogen) atoms. The van der Waals surface area contributed by atoms with Crippen molar-refractivity contribution in [3.63, 3.8) is 0 Å². The molecule has 1 rings (SSSR count). The monoisotopic (exact) mass is 348 g/mol. The molecule has 0 atom stereocenters. The Bertz CT molecular complexity index is 549. The molecule has 1 aromatic carbocycles. The number of allylic oxidation sites excluding steroid dienone is 2. The Hall–Kier alpha value is -1.79. The van der Waals surface area contributed by atoms with Crippen molar-refractivity contribution < 1.29 is 18.0 Å². The maximum absolute atomic E-state index is 12.8. The highest BCUT2D eigenvalue weighted by atomic mass is 35.5. The fourth-order valence-electron chi connectivity index (χ4n) is 2.00. The summed E-state index contributed by atoms with van der Waals surface area (Å²) in [5, 5.41) is 2.51. The molecule has 128 valence electrons. The third kappa shape index (κ3) is 6.46. The maximum Gasteiger partial charge on any atom is 0.416 e. The van der Waals surface area contributed by atoms with E-state index in [4.69, 9.17) is 5.73 Å². The Balaban J connectivity index is 0.00000484. The number of benzene rings is 1. The molecule has 0 saturated carbocycles. The highest BCUT2D eigenvalue weighted by Gasteiger charge is 2.31. The third-order valence-electron chi connectivity index (χ3n) is 3.10. The normalized spacial score (nSPS) is 10.8. The lowest BCUT2D eigenvalue weighted by molar-refractivity contribution is -0.137. The van der Waals surface area contributed by atoms with E-state index in [1.165, 1.54) is 6.07 Å². The quantitative estimate of drug-likeness (QED) is 0.722. The average molecular weight is 349 g/mol. The van der Waals surface area contributed by atoms with Crippen LogP contribution in [0.3, 0.4) is 0 Å². The molecule has 0 heterocycles. The molecule has 0 fully saturated rings. The van der Waals surface area contributed by atoms with Crippen LogP contribution in [0.25, 0.3) is 0 Å². The van der Waals surface area contributed by atoms with Crippen molar-refractivity contribution in [2.75, 3.05) is 5.32 Å². The van der Waals surface area contributed by atoms with Gasteiger partial charge in [-0.2, -0.15) is 13.2 Å². The largest absolute Gasteiger partial charge is 0.416 e. The molecular formula is C16H20ClF3N2O. The van der Waals surface area contributed by atoms with Gasteiger partial charge in [0.15, 0.2) is 0 Å². The minimum absolute atomic E-state index is 0. The zero-order chi connectivity index (χ0) is 16.8. The maximum atomic E-state index is 12.8. The van der Waals surface area contributed by atoms with Gasteiger partial charge in [-0.1, -0.05) is 12.2 Å². The molecule has 0 aliphatic rings. The number of halogens is 4. The standard InChI is InChI=1S/C16H19F3N2O.ClH/c1-3-5-12(6-4-2)15(22)21-14-8-11(10-20)7-13(9-14)16(17,18)19;/h3-4,7-9,12H,1-2,5-6,10,20H2,(H,21,22);1H. The number of alkyl halides is 3. The van der Waals surface area contributed by atoms with Crippen LogP contribution in [-0.4, -0.2) is 5.91 Å². The van der Waals surface area contributed by atoms with E-state index >= 15 is 0 Å². The third-order valence-corrected chi connectivity index (χ3v) is 3.10. The van der Waals surface area contributed by atoms with Gasteiger partial charge in [-0.05, 0) is 36.6 Å². The molecule has 0 aliphatic heterocycles. The van der Waals surface area contributed by atoms with Crippen LogP contribution in [0.1, 0.15) is 24.0 Å².